The van der Waals surface area contributed by atoms with E-state index in [-0.39, 0.29) is 6.61 Å². The zero-order valence-electron chi connectivity index (χ0n) is 9.90. The fourth-order valence-corrected chi connectivity index (χ4v) is 2.97. The Balaban J connectivity index is 2.55. The van der Waals surface area contributed by atoms with Crippen molar-refractivity contribution < 1.29 is 9.52 Å². The molecule has 2 aromatic heterocycles. The molecule has 2 rings (SSSR count). The number of aliphatic hydroxyl groups is 1. The van der Waals surface area contributed by atoms with Crippen LogP contribution in [0.3, 0.4) is 0 Å². The van der Waals surface area contributed by atoms with Crippen LogP contribution in [0.5, 0.6) is 0 Å². The van der Waals surface area contributed by atoms with E-state index in [9.17, 15) is 0 Å². The molecule has 0 saturated heterocycles. The zero-order chi connectivity index (χ0) is 12.4. The molecule has 2 heterocycles. The Morgan fingerprint density at radius 3 is 2.94 bits per heavy atom. The molecule has 0 aliphatic heterocycles. The minimum atomic E-state index is 0.108. The van der Waals surface area contributed by atoms with Gasteiger partial charge in [-0.3, -0.25) is 0 Å². The van der Waals surface area contributed by atoms with Gasteiger partial charge >= 0.3 is 0 Å². The van der Waals surface area contributed by atoms with Gasteiger partial charge in [0.1, 0.15) is 0 Å². The third-order valence-corrected chi connectivity index (χ3v) is 4.23. The first-order valence-electron chi connectivity index (χ1n) is 5.55. The van der Waals surface area contributed by atoms with Crippen LogP contribution >= 0.6 is 23.6 Å². The molecule has 17 heavy (non-hydrogen) atoms. The Labute approximate surface area is 109 Å². The third-order valence-electron chi connectivity index (χ3n) is 2.67. The molecule has 0 unspecified atom stereocenters. The predicted molar refractivity (Wildman–Crippen MR) is 74.6 cm³/mol. The molecule has 0 fully saturated rings. The molecule has 0 atom stereocenters. The van der Waals surface area contributed by atoms with Gasteiger partial charge in [0.25, 0.3) is 0 Å². The van der Waals surface area contributed by atoms with Gasteiger partial charge in [0.15, 0.2) is 11.5 Å². The maximum Gasteiger partial charge on any atom is 0.197 e. The van der Waals surface area contributed by atoms with Crippen molar-refractivity contribution in [1.29, 1.82) is 0 Å². The van der Waals surface area contributed by atoms with Crippen molar-refractivity contribution >= 4 is 39.7 Å². The predicted octanol–water partition coefficient (Wildman–Crippen LogP) is 3.35. The van der Waals surface area contributed by atoms with Crippen LogP contribution in [0.25, 0.3) is 10.3 Å². The van der Waals surface area contributed by atoms with E-state index in [1.807, 2.05) is 24.8 Å². The van der Waals surface area contributed by atoms with Gasteiger partial charge in [-0.1, -0.05) is 12.2 Å². The van der Waals surface area contributed by atoms with Crippen LogP contribution in [0.2, 0.25) is 0 Å². The summed E-state index contributed by atoms with van der Waals surface area (Å²) in [5.41, 5.74) is 1.98. The summed E-state index contributed by atoms with van der Waals surface area (Å²) >= 11 is 6.98. The lowest BCUT2D eigenvalue weighted by molar-refractivity contribution is 0.300. The second-order valence-corrected chi connectivity index (χ2v) is 5.15. The second kappa shape index (κ2) is 5.16. The number of aliphatic hydroxyl groups excluding tert-OH is 1. The molecular formula is C12H15NO2S2. The topological polar surface area (TPSA) is 36.6 Å². The zero-order valence-corrected chi connectivity index (χ0v) is 11.5. The first-order valence-corrected chi connectivity index (χ1v) is 6.84. The van der Waals surface area contributed by atoms with Gasteiger partial charge in [-0.25, -0.2) is 0 Å². The van der Waals surface area contributed by atoms with Gasteiger partial charge in [0.2, 0.25) is 0 Å². The molecule has 0 saturated carbocycles. The molecular weight excluding hydrogens is 254 g/mol. The van der Waals surface area contributed by atoms with E-state index in [4.69, 9.17) is 21.7 Å². The highest BCUT2D eigenvalue weighted by molar-refractivity contribution is 7.72. The van der Waals surface area contributed by atoms with E-state index >= 15 is 0 Å². The smallest absolute Gasteiger partial charge is 0.197 e. The molecule has 2 aromatic rings. The standard InChI is InChI=1S/C12H15NO2S2/c1-3-13(4-5-14)10-6-9(16)12-11(15-10)8(2)7-17-12/h6-7,14H,3-5H2,1-2H3. The lowest BCUT2D eigenvalue weighted by atomic mass is 10.3. The SMILES string of the molecule is CCN(CCO)c1cc(=S)c2scc(C)c2o1. The third kappa shape index (κ3) is 2.36. The van der Waals surface area contributed by atoms with Crippen LogP contribution < -0.4 is 4.90 Å². The van der Waals surface area contributed by atoms with Gasteiger partial charge in [-0.05, 0) is 19.2 Å². The number of hydrogen-bond acceptors (Lipinski definition) is 5. The summed E-state index contributed by atoms with van der Waals surface area (Å²) in [6.07, 6.45) is 0. The van der Waals surface area contributed by atoms with E-state index in [1.54, 1.807) is 11.3 Å². The number of anilines is 1. The monoisotopic (exact) mass is 269 g/mol. The number of likely N-dealkylation sites (N-methyl/N-ethyl adjacent to an activating group) is 1. The normalized spacial score (nSPS) is 11.0. The van der Waals surface area contributed by atoms with Crippen LogP contribution in [-0.4, -0.2) is 24.8 Å². The molecule has 92 valence electrons. The molecule has 0 bridgehead atoms. The highest BCUT2D eigenvalue weighted by Gasteiger charge is 2.11. The average Bonchev–Trinajstić information content (AvgIpc) is 2.69. The van der Waals surface area contributed by atoms with Crippen LogP contribution in [0, 0.1) is 11.4 Å². The fraction of sp³-hybridized carbons (Fsp3) is 0.417. The minimum absolute atomic E-state index is 0.108. The average molecular weight is 269 g/mol. The summed E-state index contributed by atoms with van der Waals surface area (Å²) in [6, 6.07) is 1.87. The maximum atomic E-state index is 9.02. The van der Waals surface area contributed by atoms with Crippen LogP contribution in [-0.2, 0) is 0 Å². The largest absolute Gasteiger partial charge is 0.439 e. The lowest BCUT2D eigenvalue weighted by Gasteiger charge is -2.20. The number of rotatable bonds is 4. The maximum absolute atomic E-state index is 9.02. The lowest BCUT2D eigenvalue weighted by Crippen LogP contribution is -2.26. The van der Waals surface area contributed by atoms with Gasteiger partial charge in [0.05, 0.1) is 15.8 Å². The summed E-state index contributed by atoms with van der Waals surface area (Å²) < 4.78 is 7.72. The Morgan fingerprint density at radius 1 is 1.53 bits per heavy atom. The Kier molecular flexibility index (Phi) is 3.81. The van der Waals surface area contributed by atoms with Crippen molar-refractivity contribution in [3.05, 3.63) is 21.5 Å². The van der Waals surface area contributed by atoms with Crippen LogP contribution in [0.4, 0.5) is 5.88 Å². The van der Waals surface area contributed by atoms with Crippen molar-refractivity contribution in [2.24, 2.45) is 0 Å². The van der Waals surface area contributed by atoms with Crippen LogP contribution in [0.1, 0.15) is 12.5 Å². The van der Waals surface area contributed by atoms with Crippen molar-refractivity contribution in [3.63, 3.8) is 0 Å². The fourth-order valence-electron chi connectivity index (χ4n) is 1.74. The Hall–Kier alpha value is -0.910. The van der Waals surface area contributed by atoms with Gasteiger partial charge < -0.3 is 14.4 Å². The van der Waals surface area contributed by atoms with Crippen LogP contribution in [0.15, 0.2) is 15.9 Å². The summed E-state index contributed by atoms with van der Waals surface area (Å²) in [7, 11) is 0. The minimum Gasteiger partial charge on any atom is -0.439 e. The van der Waals surface area contributed by atoms with E-state index in [0.29, 0.717) is 6.54 Å². The second-order valence-electron chi connectivity index (χ2n) is 3.83. The number of thiophene rings is 1. The first kappa shape index (κ1) is 12.5. The van der Waals surface area contributed by atoms with Crippen molar-refractivity contribution in [1.82, 2.24) is 0 Å². The van der Waals surface area contributed by atoms with Gasteiger partial charge in [0, 0.05) is 24.7 Å². The number of nitrogens with zero attached hydrogens (tertiary/aromatic N) is 1. The first-order chi connectivity index (χ1) is 8.17. The molecule has 0 aliphatic rings. The number of fused-ring (bicyclic) bond motifs is 1. The summed E-state index contributed by atoms with van der Waals surface area (Å²) in [6.45, 7) is 5.50. The number of hydrogen-bond donors (Lipinski definition) is 1. The molecule has 5 heteroatoms. The molecule has 0 aromatic carbocycles. The van der Waals surface area contributed by atoms with Crippen molar-refractivity contribution in [3.8, 4) is 0 Å². The van der Waals surface area contributed by atoms with Crippen molar-refractivity contribution in [2.75, 3.05) is 24.6 Å². The van der Waals surface area contributed by atoms with E-state index in [2.05, 4.69) is 5.38 Å². The number of aryl methyl sites for hydroxylation is 1. The van der Waals surface area contributed by atoms with Gasteiger partial charge in [-0.15, -0.1) is 11.3 Å². The summed E-state index contributed by atoms with van der Waals surface area (Å²) in [4.78, 5) is 1.98. The van der Waals surface area contributed by atoms with Crippen molar-refractivity contribution in [2.45, 2.75) is 13.8 Å². The molecule has 1 N–H and O–H groups in total. The van der Waals surface area contributed by atoms with Gasteiger partial charge in [-0.2, -0.15) is 0 Å². The Morgan fingerprint density at radius 2 is 2.29 bits per heavy atom. The van der Waals surface area contributed by atoms with E-state index in [1.165, 1.54) is 0 Å². The van der Waals surface area contributed by atoms with E-state index in [0.717, 1.165) is 32.8 Å². The highest BCUT2D eigenvalue weighted by Crippen LogP contribution is 2.30. The molecule has 0 aliphatic carbocycles. The molecule has 3 nitrogen and oxygen atoms in total. The summed E-state index contributed by atoms with van der Waals surface area (Å²) in [5.74, 6) is 0.737. The van der Waals surface area contributed by atoms with E-state index < -0.39 is 0 Å². The molecule has 0 spiro atoms. The molecule has 0 radical (unpaired) electrons. The highest BCUT2D eigenvalue weighted by atomic mass is 32.1. The quantitative estimate of drug-likeness (QED) is 0.864. The molecule has 0 amide bonds. The summed E-state index contributed by atoms with van der Waals surface area (Å²) in [5, 5.41) is 11.1. The Bertz CT molecular complexity index is 573.